The number of carbonyl (C=O) groups is 1. The van der Waals surface area contributed by atoms with Crippen molar-refractivity contribution in [2.75, 3.05) is 27.2 Å². The van der Waals surface area contributed by atoms with Crippen LogP contribution in [0.15, 0.2) is 47.5 Å². The van der Waals surface area contributed by atoms with Crippen LogP contribution in [0.2, 0.25) is 5.02 Å². The van der Waals surface area contributed by atoms with E-state index in [1.54, 1.807) is 32.3 Å². The molecule has 0 saturated carbocycles. The molecule has 0 aliphatic rings. The molecule has 0 aliphatic carbocycles. The Morgan fingerprint density at radius 2 is 1.79 bits per heavy atom. The SMILES string of the molecule is CN=C(NCCc1cccc(C(=O)NC)c1)NCCc1c(F)cccc1Cl.I. The van der Waals surface area contributed by atoms with Crippen LogP contribution in [-0.4, -0.2) is 39.1 Å². The van der Waals surface area contributed by atoms with Crippen LogP contribution in [0.25, 0.3) is 0 Å². The summed E-state index contributed by atoms with van der Waals surface area (Å²) in [6.07, 6.45) is 1.20. The van der Waals surface area contributed by atoms with Crippen LogP contribution in [-0.2, 0) is 12.8 Å². The molecule has 152 valence electrons. The zero-order chi connectivity index (χ0) is 19.6. The van der Waals surface area contributed by atoms with Crippen molar-refractivity contribution >= 4 is 47.4 Å². The van der Waals surface area contributed by atoms with E-state index in [4.69, 9.17) is 11.6 Å². The maximum absolute atomic E-state index is 13.8. The van der Waals surface area contributed by atoms with Gasteiger partial charge in [-0.1, -0.05) is 29.8 Å². The molecule has 8 heteroatoms. The predicted octanol–water partition coefficient (Wildman–Crippen LogP) is 3.41. The van der Waals surface area contributed by atoms with Crippen LogP contribution in [0.4, 0.5) is 4.39 Å². The fourth-order valence-corrected chi connectivity index (χ4v) is 2.89. The number of hydrogen-bond donors (Lipinski definition) is 3. The lowest BCUT2D eigenvalue weighted by atomic mass is 10.1. The summed E-state index contributed by atoms with van der Waals surface area (Å²) in [4.78, 5) is 15.8. The Balaban J connectivity index is 0.00000392. The zero-order valence-electron chi connectivity index (χ0n) is 15.9. The van der Waals surface area contributed by atoms with E-state index in [0.29, 0.717) is 41.6 Å². The third-order valence-electron chi connectivity index (χ3n) is 4.08. The molecule has 0 atom stereocenters. The molecule has 0 aliphatic heterocycles. The molecule has 0 radical (unpaired) electrons. The molecule has 2 rings (SSSR count). The first-order chi connectivity index (χ1) is 13.0. The third-order valence-corrected chi connectivity index (χ3v) is 4.43. The van der Waals surface area contributed by atoms with Gasteiger partial charge in [-0.2, -0.15) is 0 Å². The summed E-state index contributed by atoms with van der Waals surface area (Å²) < 4.78 is 13.8. The standard InChI is InChI=1S/C20H24ClFN4O.HI/c1-23-19(27)15-6-3-5-14(13-15)9-11-25-20(24-2)26-12-10-16-17(21)7-4-8-18(16)22;/h3-8,13H,9-12H2,1-2H3,(H,23,27)(H2,24,25,26);1H. The number of guanidine groups is 1. The number of rotatable bonds is 7. The second-order valence-corrected chi connectivity index (χ2v) is 6.31. The molecule has 0 heterocycles. The maximum Gasteiger partial charge on any atom is 0.251 e. The van der Waals surface area contributed by atoms with Crippen molar-refractivity contribution in [2.45, 2.75) is 12.8 Å². The number of halogens is 3. The molecule has 2 aromatic rings. The number of nitrogens with one attached hydrogen (secondary N) is 3. The van der Waals surface area contributed by atoms with Crippen molar-refractivity contribution in [3.05, 3.63) is 70.0 Å². The van der Waals surface area contributed by atoms with E-state index < -0.39 is 0 Å². The van der Waals surface area contributed by atoms with E-state index in [0.717, 1.165) is 12.0 Å². The van der Waals surface area contributed by atoms with Crippen molar-refractivity contribution in [2.24, 2.45) is 4.99 Å². The second kappa shape index (κ2) is 12.6. The number of hydrogen-bond acceptors (Lipinski definition) is 2. The molecule has 3 N–H and O–H groups in total. The van der Waals surface area contributed by atoms with Crippen molar-refractivity contribution in [3.8, 4) is 0 Å². The predicted molar refractivity (Wildman–Crippen MR) is 123 cm³/mol. The van der Waals surface area contributed by atoms with Gasteiger partial charge in [-0.15, -0.1) is 24.0 Å². The van der Waals surface area contributed by atoms with Gasteiger partial charge in [0, 0.05) is 43.3 Å². The summed E-state index contributed by atoms with van der Waals surface area (Å²) in [5.74, 6) is 0.224. The first-order valence-electron chi connectivity index (χ1n) is 8.73. The quantitative estimate of drug-likeness (QED) is 0.299. The van der Waals surface area contributed by atoms with Gasteiger partial charge in [0.25, 0.3) is 5.91 Å². The average Bonchev–Trinajstić information content (AvgIpc) is 2.68. The van der Waals surface area contributed by atoms with Crippen LogP contribution in [0, 0.1) is 5.82 Å². The Bertz CT molecular complexity index is 796. The lowest BCUT2D eigenvalue weighted by Crippen LogP contribution is -2.39. The summed E-state index contributed by atoms with van der Waals surface area (Å²) in [5.41, 5.74) is 2.18. The smallest absolute Gasteiger partial charge is 0.251 e. The molecule has 28 heavy (non-hydrogen) atoms. The van der Waals surface area contributed by atoms with Gasteiger partial charge < -0.3 is 16.0 Å². The number of carbonyl (C=O) groups excluding carboxylic acids is 1. The van der Waals surface area contributed by atoms with E-state index in [-0.39, 0.29) is 35.7 Å². The van der Waals surface area contributed by atoms with Gasteiger partial charge in [0.15, 0.2) is 5.96 Å². The highest BCUT2D eigenvalue weighted by Gasteiger charge is 2.07. The highest BCUT2D eigenvalue weighted by molar-refractivity contribution is 14.0. The third kappa shape index (κ3) is 7.27. The molecule has 0 fully saturated rings. The lowest BCUT2D eigenvalue weighted by molar-refractivity contribution is 0.0963. The summed E-state index contributed by atoms with van der Waals surface area (Å²) in [7, 11) is 3.29. The van der Waals surface area contributed by atoms with E-state index in [2.05, 4.69) is 20.9 Å². The minimum absolute atomic E-state index is 0. The summed E-state index contributed by atoms with van der Waals surface area (Å²) in [5, 5.41) is 9.40. The molecule has 0 aromatic heterocycles. The highest BCUT2D eigenvalue weighted by atomic mass is 127. The molecule has 5 nitrogen and oxygen atoms in total. The molecule has 0 spiro atoms. The Morgan fingerprint density at radius 3 is 2.43 bits per heavy atom. The van der Waals surface area contributed by atoms with Crippen LogP contribution in [0.1, 0.15) is 21.5 Å². The van der Waals surface area contributed by atoms with E-state index in [9.17, 15) is 9.18 Å². The molecule has 0 saturated heterocycles. The van der Waals surface area contributed by atoms with E-state index in [1.807, 2.05) is 18.2 Å². The van der Waals surface area contributed by atoms with Crippen LogP contribution >= 0.6 is 35.6 Å². The molecular weight excluding hydrogens is 494 g/mol. The highest BCUT2D eigenvalue weighted by Crippen LogP contribution is 2.18. The molecular formula is C20H25ClFIN4O. The first kappa shape index (κ1) is 24.2. The van der Waals surface area contributed by atoms with E-state index >= 15 is 0 Å². The minimum Gasteiger partial charge on any atom is -0.356 e. The van der Waals surface area contributed by atoms with Crippen molar-refractivity contribution in [1.82, 2.24) is 16.0 Å². The zero-order valence-corrected chi connectivity index (χ0v) is 19.0. The van der Waals surface area contributed by atoms with Crippen molar-refractivity contribution in [3.63, 3.8) is 0 Å². The normalized spacial score (nSPS) is 10.8. The Hall–Kier alpha value is -1.87. The summed E-state index contributed by atoms with van der Waals surface area (Å²) in [6, 6.07) is 12.2. The Morgan fingerprint density at radius 1 is 1.11 bits per heavy atom. The molecule has 1 amide bonds. The van der Waals surface area contributed by atoms with Crippen LogP contribution in [0.5, 0.6) is 0 Å². The molecule has 0 unspecified atom stereocenters. The topological polar surface area (TPSA) is 65.5 Å². The van der Waals surface area contributed by atoms with Crippen LogP contribution in [0.3, 0.4) is 0 Å². The first-order valence-corrected chi connectivity index (χ1v) is 9.11. The number of benzene rings is 2. The number of aliphatic imine (C=N–C) groups is 1. The fourth-order valence-electron chi connectivity index (χ4n) is 2.64. The second-order valence-electron chi connectivity index (χ2n) is 5.91. The summed E-state index contributed by atoms with van der Waals surface area (Å²) in [6.45, 7) is 1.16. The molecule has 2 aromatic carbocycles. The maximum atomic E-state index is 13.8. The van der Waals surface area contributed by atoms with Gasteiger partial charge in [0.05, 0.1) is 0 Å². The molecule has 0 bridgehead atoms. The Labute approximate surface area is 187 Å². The number of amides is 1. The van der Waals surface area contributed by atoms with Crippen LogP contribution < -0.4 is 16.0 Å². The average molecular weight is 519 g/mol. The van der Waals surface area contributed by atoms with Gasteiger partial charge in [0.2, 0.25) is 0 Å². The Kier molecular flexibility index (Phi) is 10.8. The van der Waals surface area contributed by atoms with Gasteiger partial charge in [-0.3, -0.25) is 9.79 Å². The van der Waals surface area contributed by atoms with E-state index in [1.165, 1.54) is 6.07 Å². The van der Waals surface area contributed by atoms with Crippen molar-refractivity contribution < 1.29 is 9.18 Å². The number of nitrogens with zero attached hydrogens (tertiary/aromatic N) is 1. The fraction of sp³-hybridized carbons (Fsp3) is 0.300. The minimum atomic E-state index is -0.303. The van der Waals surface area contributed by atoms with Gasteiger partial charge >= 0.3 is 0 Å². The van der Waals surface area contributed by atoms with Gasteiger partial charge in [-0.25, -0.2) is 4.39 Å². The van der Waals surface area contributed by atoms with Gasteiger partial charge in [0.1, 0.15) is 5.82 Å². The van der Waals surface area contributed by atoms with Gasteiger partial charge in [-0.05, 0) is 42.7 Å². The summed E-state index contributed by atoms with van der Waals surface area (Å²) >= 11 is 6.03. The monoisotopic (exact) mass is 518 g/mol. The van der Waals surface area contributed by atoms with Crippen molar-refractivity contribution in [1.29, 1.82) is 0 Å². The largest absolute Gasteiger partial charge is 0.356 e. The lowest BCUT2D eigenvalue weighted by Gasteiger charge is -2.13.